The molecular formula is C13H6ClN5O2S3. The van der Waals surface area contributed by atoms with Crippen molar-refractivity contribution in [2.75, 3.05) is 0 Å². The van der Waals surface area contributed by atoms with Gasteiger partial charge in [-0.25, -0.2) is 9.78 Å². The molecule has 7 nitrogen and oxygen atoms in total. The van der Waals surface area contributed by atoms with Crippen molar-refractivity contribution in [2.24, 2.45) is 0 Å². The second-order valence-electron chi connectivity index (χ2n) is 4.49. The fourth-order valence-electron chi connectivity index (χ4n) is 2.01. The fraction of sp³-hybridized carbons (Fsp3) is 0. The Hall–Kier alpha value is -2.01. The molecule has 0 bridgehead atoms. The maximum absolute atomic E-state index is 11.3. The number of thiophene rings is 1. The van der Waals surface area contributed by atoms with E-state index in [0.717, 1.165) is 14.6 Å². The molecular weight excluding hydrogens is 390 g/mol. The molecule has 4 rings (SSSR count). The molecule has 0 saturated heterocycles. The highest BCUT2D eigenvalue weighted by Crippen LogP contribution is 2.36. The van der Waals surface area contributed by atoms with Gasteiger partial charge in [-0.1, -0.05) is 17.7 Å². The number of carboxylic acids is 1. The van der Waals surface area contributed by atoms with Crippen LogP contribution in [0.1, 0.15) is 10.4 Å². The van der Waals surface area contributed by atoms with E-state index in [-0.39, 0.29) is 5.56 Å². The SMILES string of the molecule is O=C(O)c1ccsc1-n1nnnc1Sc1nc2c(Cl)cccc2s1. The lowest BCUT2D eigenvalue weighted by Crippen LogP contribution is -2.04. The number of tetrazole rings is 1. The number of carboxylic acid groups (broad SMARTS) is 1. The highest BCUT2D eigenvalue weighted by atomic mass is 35.5. The van der Waals surface area contributed by atoms with E-state index in [0.29, 0.717) is 15.2 Å². The average molecular weight is 396 g/mol. The monoisotopic (exact) mass is 395 g/mol. The smallest absolute Gasteiger partial charge is 0.338 e. The molecule has 24 heavy (non-hydrogen) atoms. The highest BCUT2D eigenvalue weighted by molar-refractivity contribution is 8.01. The second-order valence-corrected chi connectivity index (χ2v) is 8.03. The summed E-state index contributed by atoms with van der Waals surface area (Å²) >= 11 is 10.1. The van der Waals surface area contributed by atoms with E-state index >= 15 is 0 Å². The number of aromatic carboxylic acids is 1. The van der Waals surface area contributed by atoms with Crippen molar-refractivity contribution in [1.82, 2.24) is 25.2 Å². The minimum Gasteiger partial charge on any atom is -0.478 e. The number of carbonyl (C=O) groups is 1. The molecule has 120 valence electrons. The summed E-state index contributed by atoms with van der Waals surface area (Å²) < 4.78 is 3.10. The maximum Gasteiger partial charge on any atom is 0.338 e. The summed E-state index contributed by atoms with van der Waals surface area (Å²) in [5, 5.41) is 23.9. The molecule has 1 aromatic carbocycles. The van der Waals surface area contributed by atoms with E-state index in [1.54, 1.807) is 11.4 Å². The predicted octanol–water partition coefficient (Wildman–Crippen LogP) is 3.84. The van der Waals surface area contributed by atoms with Crippen molar-refractivity contribution < 1.29 is 9.90 Å². The van der Waals surface area contributed by atoms with Crippen molar-refractivity contribution >= 4 is 62.2 Å². The molecule has 3 aromatic heterocycles. The maximum atomic E-state index is 11.3. The van der Waals surface area contributed by atoms with E-state index in [1.165, 1.54) is 45.2 Å². The van der Waals surface area contributed by atoms with E-state index < -0.39 is 5.97 Å². The lowest BCUT2D eigenvalue weighted by atomic mass is 10.3. The third-order valence-electron chi connectivity index (χ3n) is 3.04. The molecule has 1 N–H and O–H groups in total. The summed E-state index contributed by atoms with van der Waals surface area (Å²) in [7, 11) is 0. The molecule has 0 aliphatic carbocycles. The Morgan fingerprint density at radius 2 is 2.21 bits per heavy atom. The standard InChI is InChI=1S/C13H6ClN5O2S3/c14-7-2-1-3-8-9(7)15-13(23-8)24-12-16-17-18-19(12)10-6(11(20)21)4-5-22-10/h1-5H,(H,20,21). The van der Waals surface area contributed by atoms with Crippen molar-refractivity contribution in [1.29, 1.82) is 0 Å². The third-order valence-corrected chi connectivity index (χ3v) is 6.25. The largest absolute Gasteiger partial charge is 0.478 e. The molecule has 0 spiro atoms. The first-order valence-corrected chi connectivity index (χ1v) is 9.35. The Bertz CT molecular complexity index is 1060. The van der Waals surface area contributed by atoms with Crippen LogP contribution in [0.25, 0.3) is 15.2 Å². The molecule has 11 heteroatoms. The van der Waals surface area contributed by atoms with Gasteiger partial charge in [0.25, 0.3) is 0 Å². The minimum atomic E-state index is -1.02. The zero-order chi connectivity index (χ0) is 16.7. The predicted molar refractivity (Wildman–Crippen MR) is 92.7 cm³/mol. The third kappa shape index (κ3) is 2.67. The van der Waals surface area contributed by atoms with Crippen molar-refractivity contribution in [3.05, 3.63) is 40.2 Å². The topological polar surface area (TPSA) is 93.8 Å². The van der Waals surface area contributed by atoms with Gasteiger partial charge < -0.3 is 5.11 Å². The number of hydrogen-bond acceptors (Lipinski definition) is 8. The van der Waals surface area contributed by atoms with Gasteiger partial charge in [0.2, 0.25) is 5.16 Å². The Morgan fingerprint density at radius 1 is 1.33 bits per heavy atom. The molecule has 0 aliphatic rings. The molecule has 0 aliphatic heterocycles. The molecule has 0 radical (unpaired) electrons. The zero-order valence-electron chi connectivity index (χ0n) is 11.6. The summed E-state index contributed by atoms with van der Waals surface area (Å²) in [6.45, 7) is 0. The lowest BCUT2D eigenvalue weighted by molar-refractivity contribution is 0.0697. The number of fused-ring (bicyclic) bond motifs is 1. The first kappa shape index (κ1) is 15.5. The number of benzene rings is 1. The second kappa shape index (κ2) is 6.13. The van der Waals surface area contributed by atoms with Crippen molar-refractivity contribution in [2.45, 2.75) is 9.50 Å². The molecule has 0 fully saturated rings. The van der Waals surface area contributed by atoms with Crippen molar-refractivity contribution in [3.63, 3.8) is 0 Å². The van der Waals surface area contributed by atoms with Crippen LogP contribution in [0.2, 0.25) is 5.02 Å². The van der Waals surface area contributed by atoms with Gasteiger partial charge in [-0.2, -0.15) is 4.68 Å². The van der Waals surface area contributed by atoms with Gasteiger partial charge in [0.1, 0.15) is 10.5 Å². The van der Waals surface area contributed by atoms with Crippen LogP contribution in [0, 0.1) is 0 Å². The molecule has 0 atom stereocenters. The van der Waals surface area contributed by atoms with Crippen LogP contribution in [0.4, 0.5) is 0 Å². The van der Waals surface area contributed by atoms with Crippen LogP contribution >= 0.6 is 46.0 Å². The van der Waals surface area contributed by atoms with Gasteiger partial charge in [-0.05, 0) is 45.8 Å². The molecule has 0 saturated carbocycles. The molecule has 0 unspecified atom stereocenters. The Kier molecular flexibility index (Phi) is 3.96. The first-order valence-electron chi connectivity index (χ1n) is 6.46. The summed E-state index contributed by atoms with van der Waals surface area (Å²) in [4.78, 5) is 15.8. The Balaban J connectivity index is 1.73. The Morgan fingerprint density at radius 3 is 3.00 bits per heavy atom. The van der Waals surface area contributed by atoms with Gasteiger partial charge in [-0.3, -0.25) is 0 Å². The molecule has 0 amide bonds. The number of para-hydroxylation sites is 1. The van der Waals surface area contributed by atoms with Crippen LogP contribution in [-0.4, -0.2) is 36.3 Å². The summed E-state index contributed by atoms with van der Waals surface area (Å²) in [6.07, 6.45) is 0. The van der Waals surface area contributed by atoms with Crippen LogP contribution in [0.3, 0.4) is 0 Å². The van der Waals surface area contributed by atoms with E-state index in [4.69, 9.17) is 11.6 Å². The first-order chi connectivity index (χ1) is 11.6. The summed E-state index contributed by atoms with van der Waals surface area (Å²) in [5.41, 5.74) is 0.884. The number of nitrogens with zero attached hydrogens (tertiary/aromatic N) is 5. The molecule has 4 aromatic rings. The lowest BCUT2D eigenvalue weighted by Gasteiger charge is -2.01. The Labute approximate surface area is 151 Å². The van der Waals surface area contributed by atoms with Gasteiger partial charge in [0.15, 0.2) is 4.34 Å². The van der Waals surface area contributed by atoms with E-state index in [1.807, 2.05) is 12.1 Å². The minimum absolute atomic E-state index is 0.154. The van der Waals surface area contributed by atoms with E-state index in [2.05, 4.69) is 20.5 Å². The summed E-state index contributed by atoms with van der Waals surface area (Å²) in [5.74, 6) is -1.02. The van der Waals surface area contributed by atoms with Gasteiger partial charge >= 0.3 is 5.97 Å². The van der Waals surface area contributed by atoms with Crippen LogP contribution < -0.4 is 0 Å². The number of hydrogen-bond donors (Lipinski definition) is 1. The zero-order valence-corrected chi connectivity index (χ0v) is 14.8. The van der Waals surface area contributed by atoms with E-state index in [9.17, 15) is 9.90 Å². The number of halogens is 1. The quantitative estimate of drug-likeness (QED) is 0.561. The van der Waals surface area contributed by atoms with Gasteiger partial charge in [0.05, 0.1) is 15.3 Å². The number of rotatable bonds is 4. The van der Waals surface area contributed by atoms with Crippen LogP contribution in [0.5, 0.6) is 0 Å². The normalized spacial score (nSPS) is 11.2. The highest BCUT2D eigenvalue weighted by Gasteiger charge is 2.20. The molecule has 3 heterocycles. The average Bonchev–Trinajstić information content (AvgIpc) is 3.25. The van der Waals surface area contributed by atoms with Gasteiger partial charge in [-0.15, -0.1) is 27.8 Å². The fourth-order valence-corrected chi connectivity index (χ4v) is 5.15. The summed E-state index contributed by atoms with van der Waals surface area (Å²) in [6, 6.07) is 7.11. The van der Waals surface area contributed by atoms with Gasteiger partial charge in [0, 0.05) is 0 Å². The van der Waals surface area contributed by atoms with Crippen LogP contribution in [-0.2, 0) is 0 Å². The van der Waals surface area contributed by atoms with Crippen LogP contribution in [0.15, 0.2) is 39.1 Å². The number of aromatic nitrogens is 5. The number of thiazole rings is 1. The van der Waals surface area contributed by atoms with Crippen molar-refractivity contribution in [3.8, 4) is 5.00 Å².